The van der Waals surface area contributed by atoms with Gasteiger partial charge in [-0.3, -0.25) is 14.3 Å². The van der Waals surface area contributed by atoms with Gasteiger partial charge in [0.25, 0.3) is 5.91 Å². The van der Waals surface area contributed by atoms with Crippen LogP contribution in [0.2, 0.25) is 0 Å². The molecule has 2 saturated heterocycles. The Bertz CT molecular complexity index is 1240. The van der Waals surface area contributed by atoms with Crippen molar-refractivity contribution in [3.63, 3.8) is 0 Å². The fourth-order valence-corrected chi connectivity index (χ4v) is 4.21. The number of nitrogen functional groups attached to an aromatic ring is 1. The number of hydrogen-bond acceptors (Lipinski definition) is 11. The normalized spacial score (nSPS) is 24.2. The van der Waals surface area contributed by atoms with E-state index in [1.54, 1.807) is 11.8 Å². The predicted molar refractivity (Wildman–Crippen MR) is 135 cm³/mol. The van der Waals surface area contributed by atoms with Crippen LogP contribution in [0, 0.1) is 11.8 Å². The highest BCUT2D eigenvalue weighted by Crippen LogP contribution is 2.32. The highest BCUT2D eigenvalue weighted by atomic mass is 16.6. The molecule has 5 N–H and O–H groups in total. The van der Waals surface area contributed by atoms with Crippen LogP contribution in [-0.2, 0) is 14.3 Å². The van der Waals surface area contributed by atoms with E-state index in [0.717, 1.165) is 0 Å². The minimum absolute atomic E-state index is 0.0948. The number of carbonyl (C=O) groups is 2. The SMILES string of the molecule is CCNC(=O)[C@H]1O[C@@H](n2cnc3c(N)nc(C#CCN4CCN(C(=O)OC(C)(C)C)CC4)nc32)[C@@H](O)C1O. The molecule has 0 saturated carbocycles. The molecule has 2 aromatic heterocycles. The van der Waals surface area contributed by atoms with E-state index in [9.17, 15) is 19.8 Å². The number of carbonyl (C=O) groups excluding carboxylic acids is 2. The van der Waals surface area contributed by atoms with E-state index in [0.29, 0.717) is 39.3 Å². The summed E-state index contributed by atoms with van der Waals surface area (Å²) in [4.78, 5) is 41.1. The first kappa shape index (κ1) is 27.5. The predicted octanol–water partition coefficient (Wildman–Crippen LogP) is -0.932. The van der Waals surface area contributed by atoms with Crippen LogP contribution in [-0.4, -0.2) is 115 Å². The number of anilines is 1. The maximum absolute atomic E-state index is 12.2. The summed E-state index contributed by atoms with van der Waals surface area (Å²) in [5.41, 5.74) is 6.07. The summed E-state index contributed by atoms with van der Waals surface area (Å²) >= 11 is 0. The second kappa shape index (κ2) is 11.1. The number of ether oxygens (including phenoxy) is 2. The number of rotatable bonds is 4. The van der Waals surface area contributed by atoms with Crippen LogP contribution < -0.4 is 11.1 Å². The zero-order chi connectivity index (χ0) is 27.6. The molecule has 2 fully saturated rings. The third-order valence-corrected chi connectivity index (χ3v) is 6.10. The fraction of sp³-hybridized carbons (Fsp3) is 0.625. The largest absolute Gasteiger partial charge is 0.444 e. The first-order valence-corrected chi connectivity index (χ1v) is 12.5. The number of aliphatic hydroxyl groups is 2. The van der Waals surface area contributed by atoms with Gasteiger partial charge >= 0.3 is 6.09 Å². The number of fused-ring (bicyclic) bond motifs is 1. The molecule has 14 heteroatoms. The molecule has 0 radical (unpaired) electrons. The lowest BCUT2D eigenvalue weighted by Gasteiger charge is -2.34. The van der Waals surface area contributed by atoms with Crippen molar-refractivity contribution in [1.82, 2.24) is 34.6 Å². The number of imidazole rings is 1. The zero-order valence-corrected chi connectivity index (χ0v) is 21.9. The summed E-state index contributed by atoms with van der Waals surface area (Å²) in [7, 11) is 0. The van der Waals surface area contributed by atoms with Gasteiger partial charge in [0.15, 0.2) is 23.8 Å². The monoisotopic (exact) mass is 530 g/mol. The van der Waals surface area contributed by atoms with Crippen LogP contribution in [0.4, 0.5) is 10.6 Å². The van der Waals surface area contributed by atoms with Gasteiger partial charge in [-0.05, 0) is 33.6 Å². The van der Waals surface area contributed by atoms with Crippen molar-refractivity contribution in [1.29, 1.82) is 0 Å². The minimum Gasteiger partial charge on any atom is -0.444 e. The van der Waals surface area contributed by atoms with Crippen molar-refractivity contribution in [2.75, 3.05) is 45.0 Å². The van der Waals surface area contributed by atoms with E-state index < -0.39 is 36.0 Å². The topological polar surface area (TPSA) is 181 Å². The van der Waals surface area contributed by atoms with Gasteiger partial charge in [-0.1, -0.05) is 5.92 Å². The molecule has 2 aliphatic rings. The molecule has 4 heterocycles. The number of nitrogens with two attached hydrogens (primary N) is 1. The molecule has 14 nitrogen and oxygen atoms in total. The van der Waals surface area contributed by atoms with Crippen LogP contribution in [0.5, 0.6) is 0 Å². The number of aliphatic hydroxyl groups excluding tert-OH is 2. The van der Waals surface area contributed by atoms with E-state index in [-0.39, 0.29) is 28.9 Å². The molecular weight excluding hydrogens is 496 g/mol. The number of hydrogen-bond donors (Lipinski definition) is 4. The third-order valence-electron chi connectivity index (χ3n) is 6.10. The molecule has 2 amide bonds. The number of likely N-dealkylation sites (N-methyl/N-ethyl adjacent to an activating group) is 1. The molecule has 0 spiro atoms. The summed E-state index contributed by atoms with van der Waals surface area (Å²) in [5.74, 6) is 5.66. The van der Waals surface area contributed by atoms with Crippen LogP contribution in [0.25, 0.3) is 11.2 Å². The zero-order valence-electron chi connectivity index (χ0n) is 21.9. The van der Waals surface area contributed by atoms with Gasteiger partial charge in [0.05, 0.1) is 12.9 Å². The van der Waals surface area contributed by atoms with E-state index in [1.165, 1.54) is 10.9 Å². The Labute approximate surface area is 220 Å². The van der Waals surface area contributed by atoms with Crippen LogP contribution in [0.1, 0.15) is 39.7 Å². The summed E-state index contributed by atoms with van der Waals surface area (Å²) in [6, 6.07) is 0. The van der Waals surface area contributed by atoms with Gasteiger partial charge < -0.3 is 35.6 Å². The molecule has 0 aliphatic carbocycles. The highest BCUT2D eigenvalue weighted by molar-refractivity contribution is 5.83. The summed E-state index contributed by atoms with van der Waals surface area (Å²) in [6.07, 6.45) is -4.15. The lowest BCUT2D eigenvalue weighted by atomic mass is 10.1. The number of nitrogens with one attached hydrogen (secondary N) is 1. The smallest absolute Gasteiger partial charge is 0.410 e. The average Bonchev–Trinajstić information content (AvgIpc) is 3.40. The maximum Gasteiger partial charge on any atom is 0.410 e. The van der Waals surface area contributed by atoms with Gasteiger partial charge in [-0.25, -0.2) is 19.7 Å². The average molecular weight is 531 g/mol. The van der Waals surface area contributed by atoms with Crippen molar-refractivity contribution in [2.45, 2.75) is 57.8 Å². The maximum atomic E-state index is 12.2. The van der Waals surface area contributed by atoms with Crippen molar-refractivity contribution in [3.05, 3.63) is 12.2 Å². The number of nitrogens with zero attached hydrogens (tertiary/aromatic N) is 6. The Hall–Kier alpha value is -3.51. The molecule has 4 atom stereocenters. The Kier molecular flexibility index (Phi) is 8.02. The van der Waals surface area contributed by atoms with Gasteiger partial charge in [-0.2, -0.15) is 0 Å². The van der Waals surface area contributed by atoms with Crippen molar-refractivity contribution < 1.29 is 29.3 Å². The molecule has 0 aromatic carbocycles. The number of piperazine rings is 1. The molecule has 206 valence electrons. The Morgan fingerprint density at radius 1 is 1.21 bits per heavy atom. The second-order valence-electron chi connectivity index (χ2n) is 10.1. The van der Waals surface area contributed by atoms with Crippen LogP contribution >= 0.6 is 0 Å². The first-order chi connectivity index (χ1) is 18.0. The lowest BCUT2D eigenvalue weighted by Crippen LogP contribution is -2.50. The van der Waals surface area contributed by atoms with Gasteiger partial charge in [0.1, 0.15) is 23.3 Å². The standard InChI is InChI=1S/C24H34N8O6/c1-5-26-21(35)18-16(33)17(34)22(37-18)32-13-27-15-19(25)28-14(29-20(15)32)7-6-8-30-9-11-31(12-10-30)23(36)38-24(2,3)4/h13,16-18,22,33-34H,5,8-12H2,1-4H3,(H,26,35)(H2,25,28,29)/t16?,17-,18-,22+/m0/s1. The van der Waals surface area contributed by atoms with E-state index in [2.05, 4.69) is 37.0 Å². The molecule has 2 aliphatic heterocycles. The molecule has 2 aromatic rings. The Morgan fingerprint density at radius 2 is 1.92 bits per heavy atom. The Morgan fingerprint density at radius 3 is 2.58 bits per heavy atom. The minimum atomic E-state index is -1.43. The number of amides is 2. The van der Waals surface area contributed by atoms with Crippen molar-refractivity contribution >= 4 is 29.0 Å². The van der Waals surface area contributed by atoms with E-state index in [1.807, 2.05) is 20.8 Å². The van der Waals surface area contributed by atoms with Crippen molar-refractivity contribution in [2.24, 2.45) is 0 Å². The van der Waals surface area contributed by atoms with Crippen LogP contribution in [0.15, 0.2) is 6.33 Å². The van der Waals surface area contributed by atoms with Gasteiger partial charge in [0.2, 0.25) is 5.82 Å². The molecular formula is C24H34N8O6. The third kappa shape index (κ3) is 5.97. The first-order valence-electron chi connectivity index (χ1n) is 12.5. The van der Waals surface area contributed by atoms with Crippen molar-refractivity contribution in [3.8, 4) is 11.8 Å². The summed E-state index contributed by atoms with van der Waals surface area (Å²) in [5, 5.41) is 23.5. The quantitative estimate of drug-likeness (QED) is 0.358. The highest BCUT2D eigenvalue weighted by Gasteiger charge is 2.47. The van der Waals surface area contributed by atoms with Crippen LogP contribution in [0.3, 0.4) is 0 Å². The second-order valence-corrected chi connectivity index (χ2v) is 10.1. The Balaban J connectivity index is 1.43. The number of aromatic nitrogens is 4. The van der Waals surface area contributed by atoms with Gasteiger partial charge in [0, 0.05) is 32.7 Å². The van der Waals surface area contributed by atoms with E-state index in [4.69, 9.17) is 15.2 Å². The molecule has 0 bridgehead atoms. The van der Waals surface area contributed by atoms with Gasteiger partial charge in [-0.15, -0.1) is 0 Å². The fourth-order valence-electron chi connectivity index (χ4n) is 4.21. The molecule has 1 unspecified atom stereocenters. The molecule has 38 heavy (non-hydrogen) atoms. The summed E-state index contributed by atoms with van der Waals surface area (Å²) in [6.45, 7) is 10.4. The molecule has 4 rings (SSSR count). The summed E-state index contributed by atoms with van der Waals surface area (Å²) < 4.78 is 12.5. The van der Waals surface area contributed by atoms with E-state index >= 15 is 0 Å². The lowest BCUT2D eigenvalue weighted by molar-refractivity contribution is -0.137.